The van der Waals surface area contributed by atoms with Crippen molar-refractivity contribution in [2.24, 2.45) is 0 Å². The number of rotatable bonds is 5. The summed E-state index contributed by atoms with van der Waals surface area (Å²) in [7, 11) is 0. The lowest BCUT2D eigenvalue weighted by atomic mass is 10.3. The van der Waals surface area contributed by atoms with E-state index in [1.807, 2.05) is 0 Å². The molecule has 1 aromatic carbocycles. The highest BCUT2D eigenvalue weighted by atomic mass is 19.1. The van der Waals surface area contributed by atoms with Crippen LogP contribution in [0.3, 0.4) is 0 Å². The minimum Gasteiger partial charge on any atom is -0.491 e. The molecule has 0 unspecified atom stereocenters. The molecule has 0 bridgehead atoms. The highest BCUT2D eigenvalue weighted by molar-refractivity contribution is 5.22. The molecule has 4 heteroatoms. The largest absolute Gasteiger partial charge is 0.491 e. The summed E-state index contributed by atoms with van der Waals surface area (Å²) < 4.78 is 18.0. The average Bonchev–Trinajstić information content (AvgIpc) is 2.81. The number of aliphatic hydroxyl groups excluding tert-OH is 1. The smallest absolute Gasteiger partial charge is 0.123 e. The summed E-state index contributed by atoms with van der Waals surface area (Å²) >= 11 is 0. The first-order chi connectivity index (χ1) is 8.24. The van der Waals surface area contributed by atoms with Gasteiger partial charge in [-0.05, 0) is 50.2 Å². The maximum absolute atomic E-state index is 12.6. The Morgan fingerprint density at radius 3 is 2.53 bits per heavy atom. The van der Waals surface area contributed by atoms with Gasteiger partial charge in [0, 0.05) is 6.54 Å². The average molecular weight is 239 g/mol. The van der Waals surface area contributed by atoms with Crippen LogP contribution in [0.4, 0.5) is 4.39 Å². The van der Waals surface area contributed by atoms with Crippen LogP contribution >= 0.6 is 0 Å². The molecule has 1 fully saturated rings. The van der Waals surface area contributed by atoms with Crippen LogP contribution in [0.5, 0.6) is 5.75 Å². The predicted octanol–water partition coefficient (Wildman–Crippen LogP) is 1.66. The highest BCUT2D eigenvalue weighted by Gasteiger charge is 2.15. The van der Waals surface area contributed by atoms with Crippen molar-refractivity contribution in [2.45, 2.75) is 18.9 Å². The van der Waals surface area contributed by atoms with Crippen molar-refractivity contribution in [3.63, 3.8) is 0 Å². The van der Waals surface area contributed by atoms with Crippen LogP contribution in [0.15, 0.2) is 24.3 Å². The van der Waals surface area contributed by atoms with E-state index in [4.69, 9.17) is 4.74 Å². The second kappa shape index (κ2) is 5.98. The van der Waals surface area contributed by atoms with Gasteiger partial charge in [-0.25, -0.2) is 4.39 Å². The van der Waals surface area contributed by atoms with Crippen molar-refractivity contribution in [3.05, 3.63) is 30.1 Å². The molecule has 1 saturated heterocycles. The van der Waals surface area contributed by atoms with Gasteiger partial charge in [-0.1, -0.05) is 0 Å². The maximum atomic E-state index is 12.6. The van der Waals surface area contributed by atoms with Crippen molar-refractivity contribution in [2.75, 3.05) is 26.2 Å². The third kappa shape index (κ3) is 3.98. The molecule has 0 aliphatic carbocycles. The van der Waals surface area contributed by atoms with Crippen molar-refractivity contribution in [1.82, 2.24) is 4.90 Å². The molecule has 1 aliphatic heterocycles. The fourth-order valence-corrected chi connectivity index (χ4v) is 2.04. The lowest BCUT2D eigenvalue weighted by molar-refractivity contribution is 0.0758. The Bertz CT molecular complexity index is 336. The van der Waals surface area contributed by atoms with E-state index < -0.39 is 6.10 Å². The minimum atomic E-state index is -0.488. The molecule has 1 atom stereocenters. The van der Waals surface area contributed by atoms with Gasteiger partial charge in [0.1, 0.15) is 24.3 Å². The van der Waals surface area contributed by atoms with E-state index in [0.717, 1.165) is 13.1 Å². The normalized spacial score (nSPS) is 18.2. The van der Waals surface area contributed by atoms with E-state index in [0.29, 0.717) is 12.3 Å². The highest BCUT2D eigenvalue weighted by Crippen LogP contribution is 2.12. The van der Waals surface area contributed by atoms with E-state index in [1.54, 1.807) is 12.1 Å². The third-order valence-corrected chi connectivity index (χ3v) is 2.92. The second-order valence-corrected chi connectivity index (χ2v) is 4.43. The van der Waals surface area contributed by atoms with Crippen LogP contribution < -0.4 is 4.74 Å². The molecular weight excluding hydrogens is 221 g/mol. The van der Waals surface area contributed by atoms with Gasteiger partial charge in [0.25, 0.3) is 0 Å². The summed E-state index contributed by atoms with van der Waals surface area (Å²) in [5, 5.41) is 9.78. The topological polar surface area (TPSA) is 32.7 Å². The first-order valence-corrected chi connectivity index (χ1v) is 6.03. The zero-order chi connectivity index (χ0) is 12.1. The summed E-state index contributed by atoms with van der Waals surface area (Å²) in [6.07, 6.45) is 1.94. The van der Waals surface area contributed by atoms with Gasteiger partial charge < -0.3 is 14.7 Å². The van der Waals surface area contributed by atoms with Crippen LogP contribution in [0.25, 0.3) is 0 Å². The first-order valence-electron chi connectivity index (χ1n) is 6.03. The van der Waals surface area contributed by atoms with Gasteiger partial charge in [-0.2, -0.15) is 0 Å². The fraction of sp³-hybridized carbons (Fsp3) is 0.538. The van der Waals surface area contributed by atoms with E-state index >= 15 is 0 Å². The Hall–Kier alpha value is -1.13. The zero-order valence-corrected chi connectivity index (χ0v) is 9.81. The fourth-order valence-electron chi connectivity index (χ4n) is 2.04. The Labute approximate surface area is 101 Å². The van der Waals surface area contributed by atoms with E-state index in [-0.39, 0.29) is 12.4 Å². The SMILES string of the molecule is O[C@@H](COc1ccc(F)cc1)CN1CCCC1. The predicted molar refractivity (Wildman–Crippen MR) is 63.6 cm³/mol. The molecular formula is C13H18FNO2. The number of benzene rings is 1. The summed E-state index contributed by atoms with van der Waals surface area (Å²) in [4.78, 5) is 2.23. The Morgan fingerprint density at radius 2 is 1.88 bits per heavy atom. The number of nitrogens with zero attached hydrogens (tertiary/aromatic N) is 1. The van der Waals surface area contributed by atoms with E-state index in [2.05, 4.69) is 4.90 Å². The molecule has 0 amide bonds. The first kappa shape index (κ1) is 12.3. The molecule has 1 heterocycles. The Balaban J connectivity index is 1.71. The minimum absolute atomic E-state index is 0.252. The monoisotopic (exact) mass is 239 g/mol. The molecule has 0 aromatic heterocycles. The van der Waals surface area contributed by atoms with Crippen LogP contribution in [0.2, 0.25) is 0 Å². The standard InChI is InChI=1S/C13H18FNO2/c14-11-3-5-13(6-4-11)17-10-12(16)9-15-7-1-2-8-15/h3-6,12,16H,1-2,7-10H2/t12-/m1/s1. The van der Waals surface area contributed by atoms with E-state index in [9.17, 15) is 9.50 Å². The van der Waals surface area contributed by atoms with Gasteiger partial charge >= 0.3 is 0 Å². The number of ether oxygens (including phenoxy) is 1. The van der Waals surface area contributed by atoms with Crippen molar-refractivity contribution >= 4 is 0 Å². The van der Waals surface area contributed by atoms with Crippen LogP contribution in [-0.4, -0.2) is 42.4 Å². The lowest BCUT2D eigenvalue weighted by Gasteiger charge is -2.19. The molecule has 0 radical (unpaired) electrons. The second-order valence-electron chi connectivity index (χ2n) is 4.43. The number of hydrogen-bond acceptors (Lipinski definition) is 3. The summed E-state index contributed by atoms with van der Waals surface area (Å²) in [6.45, 7) is 3.03. The number of hydrogen-bond donors (Lipinski definition) is 1. The molecule has 2 rings (SSSR count). The molecule has 94 valence electrons. The Kier molecular flexibility index (Phi) is 4.34. The number of halogens is 1. The maximum Gasteiger partial charge on any atom is 0.123 e. The number of β-amino-alcohol motifs (C(OH)–C–C–N with tert-alkyl or cyclic N) is 1. The summed E-state index contributed by atoms with van der Waals surface area (Å²) in [5.41, 5.74) is 0. The van der Waals surface area contributed by atoms with Gasteiger partial charge in [0.05, 0.1) is 0 Å². The quantitative estimate of drug-likeness (QED) is 0.848. The van der Waals surface area contributed by atoms with Gasteiger partial charge in [-0.15, -0.1) is 0 Å². The van der Waals surface area contributed by atoms with Crippen molar-refractivity contribution in [1.29, 1.82) is 0 Å². The van der Waals surface area contributed by atoms with Crippen LogP contribution in [-0.2, 0) is 0 Å². The molecule has 1 aromatic rings. The van der Waals surface area contributed by atoms with Gasteiger partial charge in [0.2, 0.25) is 0 Å². The van der Waals surface area contributed by atoms with Gasteiger partial charge in [-0.3, -0.25) is 0 Å². The van der Waals surface area contributed by atoms with Crippen LogP contribution in [0.1, 0.15) is 12.8 Å². The van der Waals surface area contributed by atoms with Gasteiger partial charge in [0.15, 0.2) is 0 Å². The number of aliphatic hydroxyl groups is 1. The van der Waals surface area contributed by atoms with Crippen LogP contribution in [0, 0.1) is 5.82 Å². The molecule has 17 heavy (non-hydrogen) atoms. The molecule has 1 N–H and O–H groups in total. The zero-order valence-electron chi connectivity index (χ0n) is 9.81. The van der Waals surface area contributed by atoms with E-state index in [1.165, 1.54) is 25.0 Å². The summed E-state index contributed by atoms with van der Waals surface area (Å²) in [6, 6.07) is 5.83. The lowest BCUT2D eigenvalue weighted by Crippen LogP contribution is -2.33. The number of likely N-dealkylation sites (tertiary alicyclic amines) is 1. The van der Waals surface area contributed by atoms with Crippen molar-refractivity contribution in [3.8, 4) is 5.75 Å². The Morgan fingerprint density at radius 1 is 1.24 bits per heavy atom. The third-order valence-electron chi connectivity index (χ3n) is 2.92. The molecule has 1 aliphatic rings. The van der Waals surface area contributed by atoms with Crippen molar-refractivity contribution < 1.29 is 14.2 Å². The molecule has 0 saturated carbocycles. The molecule has 0 spiro atoms. The summed E-state index contributed by atoms with van der Waals surface area (Å²) in [5.74, 6) is 0.307. The molecule has 3 nitrogen and oxygen atoms in total.